The number of ether oxygens (including phenoxy) is 1. The Balaban J connectivity index is 1.63. The zero-order valence-electron chi connectivity index (χ0n) is 14.8. The number of para-hydroxylation sites is 1. The summed E-state index contributed by atoms with van der Waals surface area (Å²) >= 11 is 1.29. The van der Waals surface area contributed by atoms with E-state index >= 15 is 0 Å². The number of hydrogen-bond acceptors (Lipinski definition) is 6. The fourth-order valence-electron chi connectivity index (χ4n) is 2.38. The van der Waals surface area contributed by atoms with Gasteiger partial charge in [-0.15, -0.1) is 11.3 Å². The van der Waals surface area contributed by atoms with Gasteiger partial charge in [-0.1, -0.05) is 42.5 Å². The van der Waals surface area contributed by atoms with E-state index in [0.29, 0.717) is 10.7 Å². The SMILES string of the molecule is Cc1cccc(C(=O)O[C@@H](C)C(=O)Nc2nc(-c3ccccc3)cs2)c1O. The Morgan fingerprint density at radius 1 is 1.15 bits per heavy atom. The third kappa shape index (κ3) is 4.32. The average molecular weight is 382 g/mol. The maximum Gasteiger partial charge on any atom is 0.342 e. The molecule has 1 aromatic heterocycles. The minimum atomic E-state index is -1.04. The first-order chi connectivity index (χ1) is 13.0. The lowest BCUT2D eigenvalue weighted by Crippen LogP contribution is -2.30. The van der Waals surface area contributed by atoms with Gasteiger partial charge in [-0.25, -0.2) is 9.78 Å². The number of anilines is 1. The highest BCUT2D eigenvalue weighted by atomic mass is 32.1. The summed E-state index contributed by atoms with van der Waals surface area (Å²) in [5, 5.41) is 14.9. The van der Waals surface area contributed by atoms with E-state index in [-0.39, 0.29) is 11.3 Å². The summed E-state index contributed by atoms with van der Waals surface area (Å²) < 4.78 is 5.16. The number of amides is 1. The lowest BCUT2D eigenvalue weighted by atomic mass is 10.1. The van der Waals surface area contributed by atoms with E-state index in [1.54, 1.807) is 19.1 Å². The third-order valence-corrected chi connectivity index (χ3v) is 4.67. The summed E-state index contributed by atoms with van der Waals surface area (Å²) in [6.45, 7) is 3.14. The van der Waals surface area contributed by atoms with Crippen LogP contribution in [-0.2, 0) is 9.53 Å². The number of aromatic hydroxyl groups is 1. The molecule has 0 bridgehead atoms. The highest BCUT2D eigenvalue weighted by Crippen LogP contribution is 2.25. The van der Waals surface area contributed by atoms with Crippen LogP contribution in [0.1, 0.15) is 22.8 Å². The van der Waals surface area contributed by atoms with Gasteiger partial charge < -0.3 is 9.84 Å². The van der Waals surface area contributed by atoms with Crippen molar-refractivity contribution in [1.29, 1.82) is 0 Å². The van der Waals surface area contributed by atoms with Crippen LogP contribution in [0.5, 0.6) is 5.75 Å². The number of aryl methyl sites for hydroxylation is 1. The van der Waals surface area contributed by atoms with Gasteiger partial charge in [0.2, 0.25) is 0 Å². The summed E-state index contributed by atoms with van der Waals surface area (Å²) in [7, 11) is 0. The number of nitrogens with zero attached hydrogens (tertiary/aromatic N) is 1. The van der Waals surface area contributed by atoms with Crippen molar-refractivity contribution in [2.75, 3.05) is 5.32 Å². The van der Waals surface area contributed by atoms with Crippen LogP contribution >= 0.6 is 11.3 Å². The first-order valence-electron chi connectivity index (χ1n) is 8.27. The van der Waals surface area contributed by atoms with E-state index in [1.807, 2.05) is 35.7 Å². The molecule has 0 spiro atoms. The number of nitrogens with one attached hydrogen (secondary N) is 1. The minimum absolute atomic E-state index is 0.0234. The van der Waals surface area contributed by atoms with Gasteiger partial charge in [-0.2, -0.15) is 0 Å². The molecule has 0 aliphatic heterocycles. The highest BCUT2D eigenvalue weighted by Gasteiger charge is 2.22. The Kier molecular flexibility index (Phi) is 5.52. The Bertz CT molecular complexity index is 969. The summed E-state index contributed by atoms with van der Waals surface area (Å²) in [5.41, 5.74) is 2.28. The van der Waals surface area contributed by atoms with Gasteiger partial charge in [0.05, 0.1) is 5.69 Å². The second kappa shape index (κ2) is 8.01. The zero-order chi connectivity index (χ0) is 19.4. The lowest BCUT2D eigenvalue weighted by Gasteiger charge is -2.13. The van der Waals surface area contributed by atoms with Crippen LogP contribution in [0.4, 0.5) is 5.13 Å². The van der Waals surface area contributed by atoms with Crippen LogP contribution in [0.25, 0.3) is 11.3 Å². The molecule has 2 aromatic carbocycles. The van der Waals surface area contributed by atoms with E-state index < -0.39 is 18.0 Å². The van der Waals surface area contributed by atoms with E-state index in [1.165, 1.54) is 24.3 Å². The largest absolute Gasteiger partial charge is 0.507 e. The van der Waals surface area contributed by atoms with Crippen molar-refractivity contribution in [1.82, 2.24) is 4.98 Å². The van der Waals surface area contributed by atoms with Gasteiger partial charge in [0.25, 0.3) is 5.91 Å². The molecular weight excluding hydrogens is 364 g/mol. The van der Waals surface area contributed by atoms with Gasteiger partial charge in [0.15, 0.2) is 11.2 Å². The number of phenols is 1. The van der Waals surface area contributed by atoms with Crippen LogP contribution in [0, 0.1) is 6.92 Å². The molecule has 0 aliphatic carbocycles. The molecule has 1 atom stereocenters. The van der Waals surface area contributed by atoms with E-state index in [9.17, 15) is 14.7 Å². The van der Waals surface area contributed by atoms with Crippen LogP contribution in [-0.4, -0.2) is 28.1 Å². The monoisotopic (exact) mass is 382 g/mol. The Labute approximate surface area is 160 Å². The van der Waals surface area contributed by atoms with Crippen molar-refractivity contribution in [3.8, 4) is 17.0 Å². The summed E-state index contributed by atoms with van der Waals surface area (Å²) in [4.78, 5) is 28.9. The van der Waals surface area contributed by atoms with Crippen LogP contribution in [0.15, 0.2) is 53.9 Å². The number of benzene rings is 2. The molecule has 27 heavy (non-hydrogen) atoms. The predicted molar refractivity (Wildman–Crippen MR) is 104 cm³/mol. The molecule has 1 heterocycles. The molecule has 0 radical (unpaired) electrons. The average Bonchev–Trinajstić information content (AvgIpc) is 3.13. The smallest absolute Gasteiger partial charge is 0.342 e. The second-order valence-electron chi connectivity index (χ2n) is 5.91. The third-order valence-electron chi connectivity index (χ3n) is 3.91. The highest BCUT2D eigenvalue weighted by molar-refractivity contribution is 7.14. The van der Waals surface area contributed by atoms with Crippen LogP contribution in [0.3, 0.4) is 0 Å². The standard InChI is InChI=1S/C20H18N2O4S/c1-12-7-6-10-15(17(12)23)19(25)26-13(2)18(24)22-20-21-16(11-27-20)14-8-4-3-5-9-14/h3-11,13,23H,1-2H3,(H,21,22,24)/t13-/m0/s1. The number of esters is 1. The van der Waals surface area contributed by atoms with Crippen LogP contribution in [0.2, 0.25) is 0 Å². The van der Waals surface area contributed by atoms with E-state index in [2.05, 4.69) is 10.3 Å². The lowest BCUT2D eigenvalue weighted by molar-refractivity contribution is -0.123. The van der Waals surface area contributed by atoms with Crippen LogP contribution < -0.4 is 5.32 Å². The molecule has 7 heteroatoms. The molecule has 0 unspecified atom stereocenters. The number of phenolic OH excluding ortho intramolecular Hbond substituents is 1. The van der Waals surface area contributed by atoms with Crippen molar-refractivity contribution >= 4 is 28.3 Å². The molecule has 3 aromatic rings. The molecular formula is C20H18N2O4S. The molecule has 138 valence electrons. The summed E-state index contributed by atoms with van der Waals surface area (Å²) in [6.07, 6.45) is -1.04. The number of carbonyl (C=O) groups excluding carboxylic acids is 2. The topological polar surface area (TPSA) is 88.5 Å². The Hall–Kier alpha value is -3.19. The zero-order valence-corrected chi connectivity index (χ0v) is 15.6. The van der Waals surface area contributed by atoms with Gasteiger partial charge in [0.1, 0.15) is 11.3 Å². The maximum atomic E-state index is 12.3. The number of aromatic nitrogens is 1. The molecule has 2 N–H and O–H groups in total. The fraction of sp³-hybridized carbons (Fsp3) is 0.150. The van der Waals surface area contributed by atoms with Gasteiger partial charge in [0, 0.05) is 10.9 Å². The molecule has 0 saturated carbocycles. The Morgan fingerprint density at radius 2 is 1.89 bits per heavy atom. The molecule has 3 rings (SSSR count). The number of rotatable bonds is 5. The van der Waals surface area contributed by atoms with Gasteiger partial charge >= 0.3 is 5.97 Å². The van der Waals surface area contributed by atoms with Crippen molar-refractivity contribution in [3.05, 3.63) is 65.0 Å². The maximum absolute atomic E-state index is 12.3. The molecule has 0 saturated heterocycles. The van der Waals surface area contributed by atoms with Crippen molar-refractivity contribution < 1.29 is 19.4 Å². The molecule has 1 amide bonds. The molecule has 6 nitrogen and oxygen atoms in total. The fourth-order valence-corrected chi connectivity index (χ4v) is 3.10. The first kappa shape index (κ1) is 18.6. The molecule has 0 aliphatic rings. The molecule has 0 fully saturated rings. The quantitative estimate of drug-likeness (QED) is 0.651. The van der Waals surface area contributed by atoms with Gasteiger partial charge in [-0.05, 0) is 25.5 Å². The number of hydrogen-bond donors (Lipinski definition) is 2. The van der Waals surface area contributed by atoms with E-state index in [0.717, 1.165) is 11.3 Å². The summed E-state index contributed by atoms with van der Waals surface area (Å²) in [5.74, 6) is -1.41. The van der Waals surface area contributed by atoms with E-state index in [4.69, 9.17) is 4.74 Å². The Morgan fingerprint density at radius 3 is 2.63 bits per heavy atom. The van der Waals surface area contributed by atoms with Crippen molar-refractivity contribution in [3.63, 3.8) is 0 Å². The predicted octanol–water partition coefficient (Wildman–Crippen LogP) is 4.01. The number of thiazole rings is 1. The van der Waals surface area contributed by atoms with Crippen molar-refractivity contribution in [2.24, 2.45) is 0 Å². The summed E-state index contributed by atoms with van der Waals surface area (Å²) in [6, 6.07) is 14.4. The number of carbonyl (C=O) groups is 2. The van der Waals surface area contributed by atoms with Gasteiger partial charge in [-0.3, -0.25) is 10.1 Å². The van der Waals surface area contributed by atoms with Crippen molar-refractivity contribution in [2.45, 2.75) is 20.0 Å². The minimum Gasteiger partial charge on any atom is -0.507 e. The first-order valence-corrected chi connectivity index (χ1v) is 9.15. The normalized spacial score (nSPS) is 11.6. The second-order valence-corrected chi connectivity index (χ2v) is 6.77.